The van der Waals surface area contributed by atoms with E-state index in [1.54, 1.807) is 24.3 Å². The van der Waals surface area contributed by atoms with Gasteiger partial charge in [0, 0.05) is 23.8 Å². The number of hydrogen-bond donors (Lipinski definition) is 4. The number of carbonyl (C=O) groups excluding carboxylic acids is 1. The van der Waals surface area contributed by atoms with Gasteiger partial charge in [0.1, 0.15) is 12.3 Å². The number of allylic oxidation sites excluding steroid dienone is 3. The number of carbonyl (C=O) groups is 2. The molecule has 168 valence electrons. The molecule has 6 nitrogen and oxygen atoms in total. The van der Waals surface area contributed by atoms with Crippen molar-refractivity contribution >= 4 is 24.0 Å². The standard InChI is InChI=1S/C23H33NO4S.H3N/c1-2-3-4-5-6-7-8-9-10-11-12-13-17-22(21(26)16-14-15-18-25)29-19-20(24)23(27)28;/h11-13,17-18,20-22,26H,2-5,8,14-16,19,24H2,1H3,(H,27,28);1H3/t20-,21-,22+;/m0./s1. The van der Waals surface area contributed by atoms with Crippen LogP contribution in [-0.2, 0) is 9.59 Å². The van der Waals surface area contributed by atoms with E-state index in [2.05, 4.69) is 30.6 Å². The molecule has 0 aromatic carbocycles. The van der Waals surface area contributed by atoms with Gasteiger partial charge in [-0.2, -0.15) is 0 Å². The van der Waals surface area contributed by atoms with E-state index < -0.39 is 18.1 Å². The van der Waals surface area contributed by atoms with Crippen LogP contribution in [0.25, 0.3) is 0 Å². The Balaban J connectivity index is 0. The van der Waals surface area contributed by atoms with Crippen LogP contribution < -0.4 is 11.9 Å². The average Bonchev–Trinajstić information content (AvgIpc) is 2.70. The molecule has 0 saturated carbocycles. The predicted octanol–water partition coefficient (Wildman–Crippen LogP) is 3.48. The second-order valence-electron chi connectivity index (χ2n) is 6.46. The van der Waals surface area contributed by atoms with Gasteiger partial charge in [-0.3, -0.25) is 4.79 Å². The average molecular weight is 437 g/mol. The molecule has 0 aromatic heterocycles. The number of aliphatic hydroxyl groups excluding tert-OH is 1. The van der Waals surface area contributed by atoms with Crippen LogP contribution >= 0.6 is 11.8 Å². The monoisotopic (exact) mass is 436 g/mol. The summed E-state index contributed by atoms with van der Waals surface area (Å²) in [5.74, 6) is 11.1. The molecule has 0 unspecified atom stereocenters. The van der Waals surface area contributed by atoms with Crippen LogP contribution in [-0.4, -0.2) is 45.6 Å². The summed E-state index contributed by atoms with van der Waals surface area (Å²) in [6.07, 6.45) is 13.6. The fraction of sp³-hybridized carbons (Fsp3) is 0.565. The van der Waals surface area contributed by atoms with Crippen LogP contribution in [0, 0.1) is 23.7 Å². The molecular weight excluding hydrogens is 400 g/mol. The van der Waals surface area contributed by atoms with Crippen molar-refractivity contribution in [1.29, 1.82) is 0 Å². The molecule has 0 amide bonds. The number of carboxylic acid groups (broad SMARTS) is 1. The number of nitrogens with two attached hydrogens (primary N) is 1. The van der Waals surface area contributed by atoms with Crippen molar-refractivity contribution in [3.8, 4) is 23.7 Å². The summed E-state index contributed by atoms with van der Waals surface area (Å²) in [5, 5.41) is 18.9. The minimum Gasteiger partial charge on any atom is -0.480 e. The van der Waals surface area contributed by atoms with Crippen LogP contribution in [0.2, 0.25) is 0 Å². The zero-order chi connectivity index (χ0) is 21.7. The first-order valence-corrected chi connectivity index (χ1v) is 11.1. The fourth-order valence-corrected chi connectivity index (χ4v) is 3.33. The van der Waals surface area contributed by atoms with Crippen molar-refractivity contribution in [3.63, 3.8) is 0 Å². The van der Waals surface area contributed by atoms with E-state index in [0.29, 0.717) is 25.7 Å². The molecular formula is C23H36N2O4S. The molecule has 0 heterocycles. The number of aliphatic hydroxyl groups is 1. The van der Waals surface area contributed by atoms with Crippen molar-refractivity contribution < 1.29 is 19.8 Å². The van der Waals surface area contributed by atoms with Crippen molar-refractivity contribution in [1.82, 2.24) is 6.15 Å². The van der Waals surface area contributed by atoms with E-state index in [1.807, 2.05) is 0 Å². The van der Waals surface area contributed by atoms with Crippen molar-refractivity contribution in [2.24, 2.45) is 5.73 Å². The second-order valence-corrected chi connectivity index (χ2v) is 7.67. The lowest BCUT2D eigenvalue weighted by atomic mass is 10.1. The maximum absolute atomic E-state index is 10.9. The van der Waals surface area contributed by atoms with Crippen LogP contribution in [0.15, 0.2) is 24.3 Å². The van der Waals surface area contributed by atoms with Gasteiger partial charge in [-0.1, -0.05) is 55.8 Å². The molecule has 0 rings (SSSR count). The van der Waals surface area contributed by atoms with Gasteiger partial charge in [0.15, 0.2) is 0 Å². The molecule has 0 fully saturated rings. The molecule has 0 aliphatic rings. The summed E-state index contributed by atoms with van der Waals surface area (Å²) >= 11 is 1.29. The van der Waals surface area contributed by atoms with E-state index in [4.69, 9.17) is 10.8 Å². The van der Waals surface area contributed by atoms with Gasteiger partial charge in [-0.05, 0) is 25.3 Å². The number of thioether (sulfide) groups is 1. The van der Waals surface area contributed by atoms with Gasteiger partial charge < -0.3 is 26.9 Å². The smallest absolute Gasteiger partial charge is 0.321 e. The molecule has 0 bridgehead atoms. The topological polar surface area (TPSA) is 136 Å². The molecule has 0 spiro atoms. The highest BCUT2D eigenvalue weighted by Crippen LogP contribution is 2.21. The van der Waals surface area contributed by atoms with E-state index in [9.17, 15) is 14.7 Å². The molecule has 7 N–H and O–H groups in total. The minimum absolute atomic E-state index is 0. The fourth-order valence-electron chi connectivity index (χ4n) is 2.20. The molecule has 7 heteroatoms. The van der Waals surface area contributed by atoms with Crippen LogP contribution in [0.1, 0.15) is 58.3 Å². The van der Waals surface area contributed by atoms with Crippen molar-refractivity contribution in [3.05, 3.63) is 24.3 Å². The summed E-state index contributed by atoms with van der Waals surface area (Å²) in [5.41, 5.74) is 5.54. The third-order valence-electron chi connectivity index (χ3n) is 3.89. The van der Waals surface area contributed by atoms with E-state index in [0.717, 1.165) is 19.1 Å². The SMILES string of the molecule is CCCCCC#CCC#CC=CC=C[C@@H](SC[C@H](N)C(=O)O)[C@@H](O)CCCC=O.N. The predicted molar refractivity (Wildman–Crippen MR) is 125 cm³/mol. The van der Waals surface area contributed by atoms with Crippen LogP contribution in [0.5, 0.6) is 0 Å². The number of aldehydes is 1. The minimum atomic E-state index is -1.07. The Morgan fingerprint density at radius 1 is 1.17 bits per heavy atom. The summed E-state index contributed by atoms with van der Waals surface area (Å²) in [4.78, 5) is 21.3. The van der Waals surface area contributed by atoms with Gasteiger partial charge in [0.2, 0.25) is 0 Å². The molecule has 0 radical (unpaired) electrons. The molecule has 0 aliphatic carbocycles. The molecule has 3 atom stereocenters. The normalized spacial score (nSPS) is 13.4. The third-order valence-corrected chi connectivity index (χ3v) is 5.29. The van der Waals surface area contributed by atoms with Crippen molar-refractivity contribution in [2.75, 3.05) is 5.75 Å². The summed E-state index contributed by atoms with van der Waals surface area (Å²) in [6, 6.07) is -0.984. The van der Waals surface area contributed by atoms with Crippen LogP contribution in [0.3, 0.4) is 0 Å². The summed E-state index contributed by atoms with van der Waals surface area (Å²) < 4.78 is 0. The Kier molecular flexibility index (Phi) is 21.8. The van der Waals surface area contributed by atoms with Gasteiger partial charge in [0.05, 0.1) is 12.5 Å². The number of rotatable bonds is 14. The lowest BCUT2D eigenvalue weighted by Crippen LogP contribution is -2.34. The zero-order valence-corrected chi connectivity index (χ0v) is 18.7. The third kappa shape index (κ3) is 18.0. The lowest BCUT2D eigenvalue weighted by molar-refractivity contribution is -0.137. The number of hydrogen-bond acceptors (Lipinski definition) is 6. The molecule has 0 saturated heterocycles. The highest BCUT2D eigenvalue weighted by Gasteiger charge is 2.20. The number of aliphatic carboxylic acids is 1. The Hall–Kier alpha value is -2.03. The molecule has 0 aliphatic heterocycles. The molecule has 0 aromatic rings. The van der Waals surface area contributed by atoms with E-state index in [-0.39, 0.29) is 17.2 Å². The Morgan fingerprint density at radius 3 is 2.60 bits per heavy atom. The first-order valence-electron chi connectivity index (χ1n) is 10.0. The molecule has 30 heavy (non-hydrogen) atoms. The highest BCUT2D eigenvalue weighted by atomic mass is 32.2. The lowest BCUT2D eigenvalue weighted by Gasteiger charge is -2.20. The maximum Gasteiger partial charge on any atom is 0.321 e. The Labute approximate surface area is 185 Å². The van der Waals surface area contributed by atoms with Gasteiger partial charge in [-0.25, -0.2) is 0 Å². The zero-order valence-electron chi connectivity index (χ0n) is 17.9. The number of unbranched alkanes of at least 4 members (excludes halogenated alkanes) is 4. The first kappa shape index (κ1) is 30.2. The highest BCUT2D eigenvalue weighted by molar-refractivity contribution is 8.00. The largest absolute Gasteiger partial charge is 0.480 e. The Bertz CT molecular complexity index is 641. The van der Waals surface area contributed by atoms with Crippen LogP contribution in [0.4, 0.5) is 0 Å². The maximum atomic E-state index is 10.9. The van der Waals surface area contributed by atoms with Gasteiger partial charge >= 0.3 is 5.97 Å². The van der Waals surface area contributed by atoms with Gasteiger partial charge in [0.25, 0.3) is 0 Å². The van der Waals surface area contributed by atoms with E-state index in [1.165, 1.54) is 24.6 Å². The van der Waals surface area contributed by atoms with E-state index >= 15 is 0 Å². The Morgan fingerprint density at radius 2 is 1.93 bits per heavy atom. The quantitative estimate of drug-likeness (QED) is 0.142. The number of carboxylic acids is 1. The first-order chi connectivity index (χ1) is 14.0. The van der Waals surface area contributed by atoms with Crippen molar-refractivity contribution in [2.45, 2.75) is 75.7 Å². The second kappa shape index (κ2) is 21.7. The van der Waals surface area contributed by atoms with Gasteiger partial charge in [-0.15, -0.1) is 17.7 Å². The summed E-state index contributed by atoms with van der Waals surface area (Å²) in [7, 11) is 0. The summed E-state index contributed by atoms with van der Waals surface area (Å²) in [6.45, 7) is 2.17.